The number of nitrogens with zero attached hydrogens (tertiary/aromatic N) is 2. The predicted octanol–water partition coefficient (Wildman–Crippen LogP) is 4.58. The highest BCUT2D eigenvalue weighted by molar-refractivity contribution is 5.96. The molecule has 0 aromatic rings. The third-order valence-corrected chi connectivity index (χ3v) is 8.48. The van der Waals surface area contributed by atoms with Crippen LogP contribution in [0.4, 0.5) is 0 Å². The van der Waals surface area contributed by atoms with Crippen LogP contribution >= 0.6 is 0 Å². The molecule has 7 heteroatoms. The van der Waals surface area contributed by atoms with Crippen LogP contribution in [0.5, 0.6) is 0 Å². The van der Waals surface area contributed by atoms with Gasteiger partial charge in [-0.2, -0.15) is 0 Å². The topological polar surface area (TPSA) is 86.8 Å². The molecule has 2 heterocycles. The Balaban J connectivity index is 2.21. The minimum absolute atomic E-state index is 0.0124. The van der Waals surface area contributed by atoms with Crippen LogP contribution in [0.2, 0.25) is 0 Å². The van der Waals surface area contributed by atoms with Crippen molar-refractivity contribution in [3.8, 4) is 0 Å². The normalized spacial score (nSPS) is 22.5. The van der Waals surface area contributed by atoms with Gasteiger partial charge in [0.2, 0.25) is 17.7 Å². The van der Waals surface area contributed by atoms with Crippen molar-refractivity contribution < 1.29 is 19.2 Å². The van der Waals surface area contributed by atoms with Crippen molar-refractivity contribution in [2.45, 2.75) is 126 Å². The lowest BCUT2D eigenvalue weighted by molar-refractivity contribution is -0.147. The van der Waals surface area contributed by atoms with Gasteiger partial charge in [-0.15, -0.1) is 0 Å². The molecular weight excluding hydrogens is 454 g/mol. The second-order valence-corrected chi connectivity index (χ2v) is 14.7. The van der Waals surface area contributed by atoms with Crippen LogP contribution in [0.1, 0.15) is 108 Å². The highest BCUT2D eigenvalue weighted by atomic mass is 16.2. The van der Waals surface area contributed by atoms with Gasteiger partial charge in [0.25, 0.3) is 0 Å². The highest BCUT2D eigenvalue weighted by Gasteiger charge is 2.46. The fourth-order valence-electron chi connectivity index (χ4n) is 4.94. The molecule has 0 saturated carbocycles. The van der Waals surface area contributed by atoms with Crippen molar-refractivity contribution in [2.75, 3.05) is 13.1 Å². The van der Waals surface area contributed by atoms with Crippen molar-refractivity contribution in [1.82, 2.24) is 15.1 Å². The average molecular weight is 506 g/mol. The summed E-state index contributed by atoms with van der Waals surface area (Å²) in [6.45, 7) is 23.1. The maximum atomic E-state index is 13.8. The van der Waals surface area contributed by atoms with Gasteiger partial charge >= 0.3 is 0 Å². The van der Waals surface area contributed by atoms with E-state index < -0.39 is 29.0 Å². The molecule has 0 spiro atoms. The molecule has 0 aliphatic carbocycles. The van der Waals surface area contributed by atoms with E-state index in [1.54, 1.807) is 9.80 Å². The SMILES string of the molecule is CC(C)(C)C(=O)C1CCCN1C(=O)C(NC(=O)C1CCCN1C(=O)CC(C)(C)C(C)(C)C)C(C)(C)C. The molecule has 3 atom stereocenters. The van der Waals surface area contributed by atoms with Gasteiger partial charge in [-0.25, -0.2) is 0 Å². The van der Waals surface area contributed by atoms with Crippen LogP contribution in [0.15, 0.2) is 0 Å². The number of carbonyl (C=O) groups excluding carboxylic acids is 4. The molecule has 2 aliphatic rings. The van der Waals surface area contributed by atoms with E-state index in [9.17, 15) is 19.2 Å². The number of amides is 3. The molecule has 0 aromatic carbocycles. The fourth-order valence-corrected chi connectivity index (χ4v) is 4.94. The first-order chi connectivity index (χ1) is 16.2. The molecule has 36 heavy (non-hydrogen) atoms. The smallest absolute Gasteiger partial charge is 0.246 e. The zero-order valence-electron chi connectivity index (χ0n) is 24.7. The Morgan fingerprint density at radius 3 is 1.75 bits per heavy atom. The first-order valence-electron chi connectivity index (χ1n) is 13.6. The third-order valence-electron chi connectivity index (χ3n) is 8.48. The number of hydrogen-bond acceptors (Lipinski definition) is 4. The summed E-state index contributed by atoms with van der Waals surface area (Å²) in [5.74, 6) is -0.441. The molecule has 2 aliphatic heterocycles. The number of rotatable bonds is 6. The van der Waals surface area contributed by atoms with Crippen LogP contribution in [0, 0.1) is 21.7 Å². The van der Waals surface area contributed by atoms with Crippen molar-refractivity contribution in [2.24, 2.45) is 21.7 Å². The molecule has 3 unspecified atom stereocenters. The Morgan fingerprint density at radius 1 is 0.778 bits per heavy atom. The molecule has 7 nitrogen and oxygen atoms in total. The number of hydrogen-bond donors (Lipinski definition) is 1. The summed E-state index contributed by atoms with van der Waals surface area (Å²) in [6, 6.07) is -1.80. The van der Waals surface area contributed by atoms with E-state index in [-0.39, 0.29) is 34.3 Å². The monoisotopic (exact) mass is 505 g/mol. The fraction of sp³-hybridized carbons (Fsp3) is 0.862. The highest BCUT2D eigenvalue weighted by Crippen LogP contribution is 2.41. The van der Waals surface area contributed by atoms with Gasteiger partial charge in [0.1, 0.15) is 12.1 Å². The van der Waals surface area contributed by atoms with Crippen LogP contribution < -0.4 is 5.32 Å². The predicted molar refractivity (Wildman–Crippen MR) is 143 cm³/mol. The lowest BCUT2D eigenvalue weighted by atomic mass is 9.67. The number of ketones is 1. The molecule has 2 saturated heterocycles. The summed E-state index contributed by atoms with van der Waals surface area (Å²) in [5, 5.41) is 3.02. The van der Waals surface area contributed by atoms with Gasteiger partial charge in [0, 0.05) is 24.9 Å². The Morgan fingerprint density at radius 2 is 1.28 bits per heavy atom. The maximum Gasteiger partial charge on any atom is 0.246 e. The lowest BCUT2D eigenvalue weighted by Crippen LogP contribution is -2.60. The molecule has 2 rings (SSSR count). The van der Waals surface area contributed by atoms with Crippen LogP contribution in [-0.4, -0.2) is 64.5 Å². The molecule has 0 bridgehead atoms. The maximum absolute atomic E-state index is 13.8. The largest absolute Gasteiger partial charge is 0.342 e. The lowest BCUT2D eigenvalue weighted by Gasteiger charge is -2.40. The van der Waals surface area contributed by atoms with E-state index in [4.69, 9.17) is 0 Å². The number of likely N-dealkylation sites (tertiary alicyclic amines) is 2. The van der Waals surface area contributed by atoms with Crippen molar-refractivity contribution >= 4 is 23.5 Å². The van der Waals surface area contributed by atoms with E-state index in [0.29, 0.717) is 32.4 Å². The first-order valence-corrected chi connectivity index (χ1v) is 13.6. The van der Waals surface area contributed by atoms with E-state index in [0.717, 1.165) is 12.8 Å². The molecular formula is C29H51N3O4. The quantitative estimate of drug-likeness (QED) is 0.573. The van der Waals surface area contributed by atoms with Crippen molar-refractivity contribution in [3.05, 3.63) is 0 Å². The second kappa shape index (κ2) is 10.4. The van der Waals surface area contributed by atoms with Gasteiger partial charge in [-0.1, -0.05) is 76.2 Å². The average Bonchev–Trinajstić information content (AvgIpc) is 3.37. The second-order valence-electron chi connectivity index (χ2n) is 14.7. The minimum atomic E-state index is -0.776. The Bertz CT molecular complexity index is 857. The van der Waals surface area contributed by atoms with E-state index >= 15 is 0 Å². The number of nitrogens with one attached hydrogen (secondary N) is 1. The molecule has 2 fully saturated rings. The van der Waals surface area contributed by atoms with Crippen LogP contribution in [0.3, 0.4) is 0 Å². The zero-order chi connectivity index (χ0) is 27.9. The Kier molecular flexibility index (Phi) is 8.80. The molecule has 0 radical (unpaired) electrons. The van der Waals surface area contributed by atoms with Crippen molar-refractivity contribution in [1.29, 1.82) is 0 Å². The molecule has 3 amide bonds. The summed E-state index contributed by atoms with van der Waals surface area (Å²) in [5.41, 5.74) is -1.37. The van der Waals surface area contributed by atoms with Crippen molar-refractivity contribution in [3.63, 3.8) is 0 Å². The number of Topliss-reactive ketones (excluding diaryl/α,β-unsaturated/α-hetero) is 1. The first kappa shape index (κ1) is 30.3. The van der Waals surface area contributed by atoms with Gasteiger partial charge in [0.05, 0.1) is 6.04 Å². The van der Waals surface area contributed by atoms with Gasteiger partial charge in [0.15, 0.2) is 5.78 Å². The summed E-state index contributed by atoms with van der Waals surface area (Å²) in [7, 11) is 0. The molecule has 0 aromatic heterocycles. The van der Waals surface area contributed by atoms with E-state index in [1.165, 1.54) is 0 Å². The summed E-state index contributed by atoms with van der Waals surface area (Å²) < 4.78 is 0. The van der Waals surface area contributed by atoms with Gasteiger partial charge in [-0.3, -0.25) is 19.2 Å². The summed E-state index contributed by atoms with van der Waals surface area (Å²) in [6.07, 6.45) is 3.15. The minimum Gasteiger partial charge on any atom is -0.342 e. The van der Waals surface area contributed by atoms with Crippen LogP contribution in [-0.2, 0) is 19.2 Å². The third kappa shape index (κ3) is 6.69. The Hall–Kier alpha value is -1.92. The zero-order valence-corrected chi connectivity index (χ0v) is 24.7. The summed E-state index contributed by atoms with van der Waals surface area (Å²) >= 11 is 0. The Labute approximate surface area is 219 Å². The molecule has 1 N–H and O–H groups in total. The standard InChI is InChI=1S/C29H51N3O4/c1-26(2,3)22(25(36)32-17-12-14-19(32)23(34)27(4,5)6)30-24(35)20-15-13-16-31(20)21(33)18-29(10,11)28(7,8)9/h19-20,22H,12-18H2,1-11H3,(H,30,35). The van der Waals surface area contributed by atoms with Gasteiger partial charge < -0.3 is 15.1 Å². The van der Waals surface area contributed by atoms with E-state index in [1.807, 2.05) is 41.5 Å². The summed E-state index contributed by atoms with van der Waals surface area (Å²) in [4.78, 5) is 57.0. The van der Waals surface area contributed by atoms with E-state index in [2.05, 4.69) is 39.9 Å². The molecule has 206 valence electrons. The van der Waals surface area contributed by atoms with Crippen LogP contribution in [0.25, 0.3) is 0 Å². The van der Waals surface area contributed by atoms with Gasteiger partial charge in [-0.05, 0) is 41.9 Å². The number of carbonyl (C=O) groups is 4.